The molecule has 0 atom stereocenters. The summed E-state index contributed by atoms with van der Waals surface area (Å²) < 4.78 is 0. The Labute approximate surface area is 119 Å². The topological polar surface area (TPSA) is 55.1 Å². The van der Waals surface area contributed by atoms with Crippen LogP contribution in [-0.2, 0) is 4.79 Å². The average molecular weight is 291 g/mol. The first-order valence-electron chi connectivity index (χ1n) is 5.93. The van der Waals surface area contributed by atoms with Crippen LogP contribution in [0.4, 0.5) is 0 Å². The Morgan fingerprint density at radius 2 is 2.00 bits per heavy atom. The number of carbonyl (C=O) groups is 1. The number of rotatable bonds is 3. The molecule has 0 fully saturated rings. The molecule has 0 radical (unpaired) electrons. The molecule has 5 heteroatoms. The molecule has 0 aromatic heterocycles. The molecule has 0 bridgehead atoms. The van der Waals surface area contributed by atoms with Gasteiger partial charge in [0.1, 0.15) is 0 Å². The first-order valence-corrected chi connectivity index (χ1v) is 6.68. The third kappa shape index (κ3) is 7.54. The second-order valence-electron chi connectivity index (χ2n) is 3.79. The Kier molecular flexibility index (Phi) is 9.74. The van der Waals surface area contributed by atoms with Crippen molar-refractivity contribution >= 4 is 29.1 Å². The lowest BCUT2D eigenvalue weighted by Gasteiger charge is -2.05. The van der Waals surface area contributed by atoms with Gasteiger partial charge in [0, 0.05) is 6.54 Å². The molecule has 1 aliphatic rings. The Morgan fingerprint density at radius 3 is 2.56 bits per heavy atom. The largest absolute Gasteiger partial charge is 0.351 e. The lowest BCUT2D eigenvalue weighted by molar-refractivity contribution is -0.119. The summed E-state index contributed by atoms with van der Waals surface area (Å²) in [7, 11) is 0. The van der Waals surface area contributed by atoms with Gasteiger partial charge in [0.25, 0.3) is 0 Å². The van der Waals surface area contributed by atoms with Gasteiger partial charge in [-0.2, -0.15) is 0 Å². The van der Waals surface area contributed by atoms with Crippen LogP contribution in [0.5, 0.6) is 0 Å². The number of carbonyl (C=O) groups excluding carboxylic acids is 1. The molecule has 0 unspecified atom stereocenters. The van der Waals surface area contributed by atoms with Crippen LogP contribution in [0.2, 0.25) is 0 Å². The van der Waals surface area contributed by atoms with Gasteiger partial charge in [-0.15, -0.1) is 0 Å². The second-order valence-corrected chi connectivity index (χ2v) is 4.61. The molecule has 1 aliphatic carbocycles. The van der Waals surface area contributed by atoms with E-state index in [-0.39, 0.29) is 12.5 Å². The summed E-state index contributed by atoms with van der Waals surface area (Å²) >= 11 is 11.7. The van der Waals surface area contributed by atoms with Gasteiger partial charge in [0.2, 0.25) is 5.91 Å². The van der Waals surface area contributed by atoms with Crippen molar-refractivity contribution in [3.05, 3.63) is 33.9 Å². The highest BCUT2D eigenvalue weighted by Crippen LogP contribution is 2.22. The Bertz CT molecular complexity index is 360. The van der Waals surface area contributed by atoms with Crippen molar-refractivity contribution in [3.63, 3.8) is 0 Å². The van der Waals surface area contributed by atoms with E-state index in [1.807, 2.05) is 6.08 Å². The minimum atomic E-state index is -0.185. The van der Waals surface area contributed by atoms with Crippen LogP contribution in [-0.4, -0.2) is 19.0 Å². The van der Waals surface area contributed by atoms with Crippen LogP contribution in [0.15, 0.2) is 33.9 Å². The maximum atomic E-state index is 10.9. The van der Waals surface area contributed by atoms with Crippen molar-refractivity contribution in [3.8, 4) is 0 Å². The molecule has 0 spiro atoms. The van der Waals surface area contributed by atoms with Gasteiger partial charge in [-0.1, -0.05) is 49.5 Å². The van der Waals surface area contributed by atoms with E-state index in [2.05, 4.69) is 19.2 Å². The van der Waals surface area contributed by atoms with Crippen molar-refractivity contribution < 1.29 is 4.79 Å². The number of halogens is 2. The maximum Gasteiger partial charge on any atom is 0.233 e. The number of hydrogen-bond donors (Lipinski definition) is 2. The third-order valence-corrected chi connectivity index (χ3v) is 2.64. The Hall–Kier alpha value is -0.770. The fourth-order valence-corrected chi connectivity index (χ4v) is 1.47. The fraction of sp³-hybridized carbons (Fsp3) is 0.462. The summed E-state index contributed by atoms with van der Waals surface area (Å²) in [6.45, 7) is 4.69. The first kappa shape index (κ1) is 17.2. The minimum Gasteiger partial charge on any atom is -0.351 e. The minimum absolute atomic E-state index is 0.00650. The lowest BCUT2D eigenvalue weighted by Crippen LogP contribution is -2.31. The maximum absolute atomic E-state index is 10.9. The van der Waals surface area contributed by atoms with Crippen LogP contribution in [0.1, 0.15) is 26.7 Å². The van der Waals surface area contributed by atoms with Crippen molar-refractivity contribution in [2.45, 2.75) is 26.7 Å². The summed E-state index contributed by atoms with van der Waals surface area (Å²) in [4.78, 5) is 10.9. The second kappa shape index (κ2) is 10.2. The summed E-state index contributed by atoms with van der Waals surface area (Å²) in [6, 6.07) is 0. The molecule has 1 amide bonds. The molecule has 18 heavy (non-hydrogen) atoms. The smallest absolute Gasteiger partial charge is 0.233 e. The van der Waals surface area contributed by atoms with Gasteiger partial charge in [0.15, 0.2) is 0 Å². The molecule has 102 valence electrons. The highest BCUT2D eigenvalue weighted by atomic mass is 35.5. The quantitative estimate of drug-likeness (QED) is 0.839. The van der Waals surface area contributed by atoms with E-state index in [1.54, 1.807) is 12.2 Å². The zero-order valence-corrected chi connectivity index (χ0v) is 12.3. The molecule has 0 heterocycles. The third-order valence-electron chi connectivity index (χ3n) is 1.90. The molecule has 0 aromatic rings. The van der Waals surface area contributed by atoms with Crippen molar-refractivity contribution in [1.82, 2.24) is 5.32 Å². The average Bonchev–Trinajstić information content (AvgIpc) is 2.50. The Balaban J connectivity index is 0.000000873. The molecular formula is C13H20Cl2N2O. The highest BCUT2D eigenvalue weighted by Gasteiger charge is 2.05. The fourth-order valence-electron chi connectivity index (χ4n) is 1.11. The molecule has 0 aromatic carbocycles. The molecule has 0 saturated heterocycles. The van der Waals surface area contributed by atoms with Crippen LogP contribution in [0.3, 0.4) is 0 Å². The van der Waals surface area contributed by atoms with E-state index in [0.29, 0.717) is 16.6 Å². The normalized spacial score (nSPS) is 14.4. The van der Waals surface area contributed by atoms with Crippen LogP contribution >= 0.6 is 23.2 Å². The van der Waals surface area contributed by atoms with Crippen LogP contribution in [0, 0.1) is 0 Å². The lowest BCUT2D eigenvalue weighted by atomic mass is 10.2. The first-order chi connectivity index (χ1) is 8.54. The Morgan fingerprint density at radius 1 is 1.39 bits per heavy atom. The summed E-state index contributed by atoms with van der Waals surface area (Å²) in [5.74, 6) is -0.185. The van der Waals surface area contributed by atoms with Gasteiger partial charge in [-0.3, -0.25) is 4.79 Å². The summed E-state index contributed by atoms with van der Waals surface area (Å²) in [5, 5.41) is 3.67. The highest BCUT2D eigenvalue weighted by molar-refractivity contribution is 6.41. The van der Waals surface area contributed by atoms with Crippen molar-refractivity contribution in [2.75, 3.05) is 13.1 Å². The van der Waals surface area contributed by atoms with E-state index < -0.39 is 0 Å². The van der Waals surface area contributed by atoms with E-state index in [0.717, 1.165) is 12.0 Å². The standard InChI is InChI=1S/C10H12Cl2N2O.C3H8/c11-8-3-1-2-7(4-9(8)12)6-14-10(15)5-13;1-3-2/h1,3-4H,2,5-6,13H2,(H,14,15);3H2,1-2H3. The summed E-state index contributed by atoms with van der Waals surface area (Å²) in [6.07, 6.45) is 7.38. The van der Waals surface area contributed by atoms with E-state index in [9.17, 15) is 4.79 Å². The van der Waals surface area contributed by atoms with E-state index in [1.165, 1.54) is 6.42 Å². The van der Waals surface area contributed by atoms with Gasteiger partial charge in [0.05, 0.1) is 16.6 Å². The molecule has 3 nitrogen and oxygen atoms in total. The van der Waals surface area contributed by atoms with Gasteiger partial charge < -0.3 is 11.1 Å². The molecule has 3 N–H and O–H groups in total. The van der Waals surface area contributed by atoms with Gasteiger partial charge >= 0.3 is 0 Å². The number of hydrogen-bond acceptors (Lipinski definition) is 2. The number of nitrogens with one attached hydrogen (secondary N) is 1. The molecule has 0 saturated carbocycles. The van der Waals surface area contributed by atoms with Gasteiger partial charge in [-0.25, -0.2) is 0 Å². The predicted molar refractivity (Wildman–Crippen MR) is 78.6 cm³/mol. The number of nitrogens with two attached hydrogens (primary N) is 1. The van der Waals surface area contributed by atoms with Crippen LogP contribution in [0.25, 0.3) is 0 Å². The van der Waals surface area contributed by atoms with E-state index in [4.69, 9.17) is 28.9 Å². The van der Waals surface area contributed by atoms with Crippen molar-refractivity contribution in [1.29, 1.82) is 0 Å². The molecular weight excluding hydrogens is 271 g/mol. The van der Waals surface area contributed by atoms with Crippen molar-refractivity contribution in [2.24, 2.45) is 5.73 Å². The number of allylic oxidation sites excluding steroid dienone is 5. The number of amides is 1. The van der Waals surface area contributed by atoms with Crippen LogP contribution < -0.4 is 11.1 Å². The zero-order chi connectivity index (χ0) is 14.0. The molecule has 0 aliphatic heterocycles. The monoisotopic (exact) mass is 290 g/mol. The van der Waals surface area contributed by atoms with Gasteiger partial charge in [-0.05, 0) is 24.1 Å². The molecule has 1 rings (SSSR count). The zero-order valence-electron chi connectivity index (χ0n) is 10.8. The summed E-state index contributed by atoms with van der Waals surface area (Å²) in [5.41, 5.74) is 6.16. The SMILES string of the molecule is CCC.NCC(=O)NCC1=CC(Cl)=C(Cl)C=CC1. The predicted octanol–water partition coefficient (Wildman–Crippen LogP) is 3.05. The van der Waals surface area contributed by atoms with E-state index >= 15 is 0 Å².